The molecule has 0 fully saturated rings. The summed E-state index contributed by atoms with van der Waals surface area (Å²) in [6.07, 6.45) is 0. The molecule has 0 saturated carbocycles. The average molecular weight is 309 g/mol. The number of non-ortho nitro benzene ring substituents is 1. The van der Waals surface area contributed by atoms with Crippen LogP contribution in [0.1, 0.15) is 25.5 Å². The highest BCUT2D eigenvalue weighted by molar-refractivity contribution is 7.98. The summed E-state index contributed by atoms with van der Waals surface area (Å²) in [6, 6.07) is 4.28. The number of nitrogens with two attached hydrogens (primary N) is 1. The van der Waals surface area contributed by atoms with Gasteiger partial charge in [-0.25, -0.2) is 9.89 Å². The SMILES string of the molecule is CC(C)n1c(SCc2cc([N+](=O)[O-])ccc2N)n[nH]c1=O. The molecule has 1 aromatic heterocycles. The van der Waals surface area contributed by atoms with Gasteiger partial charge in [0.05, 0.1) is 4.92 Å². The molecule has 1 heterocycles. The van der Waals surface area contributed by atoms with E-state index in [0.717, 1.165) is 0 Å². The Kier molecular flexibility index (Phi) is 4.32. The quantitative estimate of drug-likeness (QED) is 0.377. The van der Waals surface area contributed by atoms with Gasteiger partial charge in [0.25, 0.3) is 5.69 Å². The first-order valence-corrected chi connectivity index (χ1v) is 7.21. The fourth-order valence-electron chi connectivity index (χ4n) is 1.82. The van der Waals surface area contributed by atoms with Crippen LogP contribution in [-0.2, 0) is 5.75 Å². The number of H-pyrrole nitrogens is 1. The topological polar surface area (TPSA) is 120 Å². The number of nitrogens with zero attached hydrogens (tertiary/aromatic N) is 3. The third kappa shape index (κ3) is 3.24. The van der Waals surface area contributed by atoms with E-state index >= 15 is 0 Å². The van der Waals surface area contributed by atoms with Gasteiger partial charge >= 0.3 is 5.69 Å². The first kappa shape index (κ1) is 15.1. The van der Waals surface area contributed by atoms with Crippen molar-refractivity contribution in [2.24, 2.45) is 0 Å². The van der Waals surface area contributed by atoms with Crippen LogP contribution in [0.5, 0.6) is 0 Å². The Hall–Kier alpha value is -2.29. The number of hydrogen-bond acceptors (Lipinski definition) is 6. The monoisotopic (exact) mass is 309 g/mol. The molecular formula is C12H15N5O3S. The summed E-state index contributed by atoms with van der Waals surface area (Å²) in [5.41, 5.74) is 6.65. The number of aromatic amines is 1. The molecule has 0 aliphatic rings. The third-order valence-electron chi connectivity index (χ3n) is 2.88. The number of nitrogens with one attached hydrogen (secondary N) is 1. The number of anilines is 1. The van der Waals surface area contributed by atoms with Crippen LogP contribution in [0.15, 0.2) is 28.2 Å². The molecule has 0 saturated heterocycles. The normalized spacial score (nSPS) is 11.0. The molecule has 0 atom stereocenters. The Labute approximate surface area is 124 Å². The molecule has 0 radical (unpaired) electrons. The molecule has 0 spiro atoms. The van der Waals surface area contributed by atoms with Crippen LogP contribution in [-0.4, -0.2) is 19.7 Å². The summed E-state index contributed by atoms with van der Waals surface area (Å²) in [7, 11) is 0. The highest BCUT2D eigenvalue weighted by atomic mass is 32.2. The van der Waals surface area contributed by atoms with Gasteiger partial charge in [0.15, 0.2) is 5.16 Å². The van der Waals surface area contributed by atoms with Crippen molar-refractivity contribution in [1.29, 1.82) is 0 Å². The first-order chi connectivity index (χ1) is 9.90. The van der Waals surface area contributed by atoms with E-state index in [2.05, 4.69) is 10.2 Å². The lowest BCUT2D eigenvalue weighted by atomic mass is 10.2. The Morgan fingerprint density at radius 1 is 1.52 bits per heavy atom. The van der Waals surface area contributed by atoms with Crippen molar-refractivity contribution in [3.05, 3.63) is 44.4 Å². The highest BCUT2D eigenvalue weighted by Gasteiger charge is 2.14. The van der Waals surface area contributed by atoms with Crippen LogP contribution in [0.3, 0.4) is 0 Å². The van der Waals surface area contributed by atoms with Gasteiger partial charge < -0.3 is 5.73 Å². The number of benzene rings is 1. The number of nitrogen functional groups attached to an aromatic ring is 1. The zero-order chi connectivity index (χ0) is 15.6. The van der Waals surface area contributed by atoms with Gasteiger partial charge in [-0.1, -0.05) is 11.8 Å². The van der Waals surface area contributed by atoms with E-state index in [1.165, 1.54) is 34.5 Å². The first-order valence-electron chi connectivity index (χ1n) is 6.22. The lowest BCUT2D eigenvalue weighted by Gasteiger charge is -2.09. The number of rotatable bonds is 5. The fraction of sp³-hybridized carbons (Fsp3) is 0.333. The van der Waals surface area contributed by atoms with Crippen LogP contribution in [0.2, 0.25) is 0 Å². The van der Waals surface area contributed by atoms with E-state index < -0.39 is 4.92 Å². The predicted octanol–water partition coefficient (Wildman–Crippen LogP) is 1.93. The number of aromatic nitrogens is 3. The van der Waals surface area contributed by atoms with Crippen LogP contribution in [0.4, 0.5) is 11.4 Å². The molecule has 0 bridgehead atoms. The van der Waals surface area contributed by atoms with Crippen molar-refractivity contribution < 1.29 is 4.92 Å². The lowest BCUT2D eigenvalue weighted by Crippen LogP contribution is -2.19. The van der Waals surface area contributed by atoms with Gasteiger partial charge in [-0.3, -0.25) is 14.7 Å². The molecule has 0 amide bonds. The minimum absolute atomic E-state index is 0.0110. The second kappa shape index (κ2) is 6.00. The minimum Gasteiger partial charge on any atom is -0.398 e. The van der Waals surface area contributed by atoms with Crippen molar-refractivity contribution in [2.75, 3.05) is 5.73 Å². The van der Waals surface area contributed by atoms with Gasteiger partial charge in [0, 0.05) is 29.6 Å². The number of thioether (sulfide) groups is 1. The molecule has 21 heavy (non-hydrogen) atoms. The van der Waals surface area contributed by atoms with Gasteiger partial charge in [0.1, 0.15) is 0 Å². The van der Waals surface area contributed by atoms with E-state index in [1.54, 1.807) is 0 Å². The summed E-state index contributed by atoms with van der Waals surface area (Å²) >= 11 is 1.30. The number of nitro groups is 1. The molecule has 9 heteroatoms. The van der Waals surface area contributed by atoms with Crippen molar-refractivity contribution in [3.63, 3.8) is 0 Å². The maximum atomic E-state index is 11.6. The Morgan fingerprint density at radius 2 is 2.24 bits per heavy atom. The van der Waals surface area contributed by atoms with Gasteiger partial charge in [-0.2, -0.15) is 0 Å². The molecule has 8 nitrogen and oxygen atoms in total. The summed E-state index contributed by atoms with van der Waals surface area (Å²) < 4.78 is 1.53. The second-order valence-electron chi connectivity index (χ2n) is 4.70. The average Bonchev–Trinajstić information content (AvgIpc) is 2.78. The van der Waals surface area contributed by atoms with Crippen LogP contribution in [0.25, 0.3) is 0 Å². The summed E-state index contributed by atoms with van der Waals surface area (Å²) in [5, 5.41) is 17.7. The predicted molar refractivity (Wildman–Crippen MR) is 80.3 cm³/mol. The summed E-state index contributed by atoms with van der Waals surface area (Å²) in [6.45, 7) is 3.76. The smallest absolute Gasteiger partial charge is 0.344 e. The molecule has 3 N–H and O–H groups in total. The molecule has 0 aliphatic carbocycles. The van der Waals surface area contributed by atoms with Crippen LogP contribution >= 0.6 is 11.8 Å². The van der Waals surface area contributed by atoms with Crippen molar-refractivity contribution in [1.82, 2.24) is 14.8 Å². The molecule has 0 aliphatic heterocycles. The van der Waals surface area contributed by atoms with Gasteiger partial charge in [-0.05, 0) is 25.5 Å². The van der Waals surface area contributed by atoms with E-state index in [9.17, 15) is 14.9 Å². The molecule has 0 unspecified atom stereocenters. The zero-order valence-electron chi connectivity index (χ0n) is 11.6. The zero-order valence-corrected chi connectivity index (χ0v) is 12.4. The van der Waals surface area contributed by atoms with E-state index in [-0.39, 0.29) is 17.4 Å². The number of hydrogen-bond donors (Lipinski definition) is 2. The maximum absolute atomic E-state index is 11.6. The van der Waals surface area contributed by atoms with E-state index in [1.807, 2.05) is 13.8 Å². The van der Waals surface area contributed by atoms with Crippen molar-refractivity contribution in [2.45, 2.75) is 30.8 Å². The lowest BCUT2D eigenvalue weighted by molar-refractivity contribution is -0.384. The molecule has 1 aromatic carbocycles. The molecule has 2 aromatic rings. The van der Waals surface area contributed by atoms with Crippen LogP contribution in [0, 0.1) is 10.1 Å². The summed E-state index contributed by atoms with van der Waals surface area (Å²) in [4.78, 5) is 21.9. The fourth-order valence-corrected chi connectivity index (χ4v) is 2.90. The highest BCUT2D eigenvalue weighted by Crippen LogP contribution is 2.27. The van der Waals surface area contributed by atoms with E-state index in [0.29, 0.717) is 22.2 Å². The maximum Gasteiger partial charge on any atom is 0.344 e. The second-order valence-corrected chi connectivity index (χ2v) is 5.65. The van der Waals surface area contributed by atoms with Crippen LogP contribution < -0.4 is 11.4 Å². The summed E-state index contributed by atoms with van der Waals surface area (Å²) in [5.74, 6) is 0.393. The molecule has 2 rings (SSSR count). The largest absolute Gasteiger partial charge is 0.398 e. The number of nitro benzene ring substituents is 1. The van der Waals surface area contributed by atoms with E-state index in [4.69, 9.17) is 5.73 Å². The Balaban J connectivity index is 2.22. The van der Waals surface area contributed by atoms with Gasteiger partial charge in [-0.15, -0.1) is 5.10 Å². The van der Waals surface area contributed by atoms with Gasteiger partial charge in [0.2, 0.25) is 0 Å². The van der Waals surface area contributed by atoms with Crippen molar-refractivity contribution in [3.8, 4) is 0 Å². The Morgan fingerprint density at radius 3 is 2.86 bits per heavy atom. The molecule has 112 valence electrons. The molecular weight excluding hydrogens is 294 g/mol. The minimum atomic E-state index is -0.466. The Bertz CT molecular complexity index is 722. The standard InChI is InChI=1S/C12H15N5O3S/c1-7(2)16-11(18)14-15-12(16)21-6-8-5-9(17(19)20)3-4-10(8)13/h3-5,7H,6,13H2,1-2H3,(H,14,18). The third-order valence-corrected chi connectivity index (χ3v) is 3.88. The van der Waals surface area contributed by atoms with Crippen molar-refractivity contribution >= 4 is 23.1 Å².